The molecule has 4 amide bonds. The van der Waals surface area contributed by atoms with Gasteiger partial charge in [-0.05, 0) is 45.4 Å². The highest BCUT2D eigenvalue weighted by Crippen LogP contribution is 2.29. The number of allylic oxidation sites excluding steroid dienone is 2. The first kappa shape index (κ1) is 52.2. The Balaban J connectivity index is 1.87. The molecule has 2 rings (SSSR count). The summed E-state index contributed by atoms with van der Waals surface area (Å²) in [7, 11) is 3.81. The maximum Gasteiger partial charge on any atom is 0.305 e. The maximum absolute atomic E-state index is 13.3. The molecular weight excluding hydrogens is 804 g/mol. The van der Waals surface area contributed by atoms with Crippen LogP contribution in [0.2, 0.25) is 0 Å². The molecule has 1 saturated heterocycles. The summed E-state index contributed by atoms with van der Waals surface area (Å²) in [6, 6.07) is -3.78. The first-order chi connectivity index (χ1) is 28.8. The average molecular weight is 869 g/mol. The van der Waals surface area contributed by atoms with Crippen molar-refractivity contribution in [2.75, 3.05) is 27.9 Å². The van der Waals surface area contributed by atoms with E-state index in [1.54, 1.807) is 20.8 Å². The molecule has 0 aromatic heterocycles. The third kappa shape index (κ3) is 15.8. The SMILES string of the molecule is COC(=O)CC[C@H](NC(=O)[C@@H](NC(=O)[C@@H](C)O[C@H]1[C@H](O)[C@@H](COC(=O)CCCCCCCCCC2=C(C)C(=O)C(OC)=C(OC)C2=O)O[C@@H](O)[C@@H]1NC(C)=O)C(C)C)C(N)=O. The maximum atomic E-state index is 13.3. The van der Waals surface area contributed by atoms with Crippen LogP contribution in [0.15, 0.2) is 22.7 Å². The molecule has 61 heavy (non-hydrogen) atoms. The van der Waals surface area contributed by atoms with Crippen molar-refractivity contribution in [3.05, 3.63) is 22.7 Å². The highest BCUT2D eigenvalue weighted by molar-refractivity contribution is 6.23. The molecule has 0 aromatic rings. The number of hydrogen-bond donors (Lipinski definition) is 6. The van der Waals surface area contributed by atoms with E-state index in [1.807, 2.05) is 0 Å². The molecule has 8 atom stereocenters. The molecule has 20 heteroatoms. The van der Waals surface area contributed by atoms with Gasteiger partial charge in [-0.15, -0.1) is 0 Å². The summed E-state index contributed by atoms with van der Waals surface area (Å²) in [5, 5.41) is 29.5. The Kier molecular flexibility index (Phi) is 22.1. The third-order valence-electron chi connectivity index (χ3n) is 10.4. The summed E-state index contributed by atoms with van der Waals surface area (Å²) in [4.78, 5) is 100.0. The van der Waals surface area contributed by atoms with Crippen molar-refractivity contribution >= 4 is 47.1 Å². The van der Waals surface area contributed by atoms with Gasteiger partial charge in [-0.2, -0.15) is 0 Å². The normalized spacial score (nSPS) is 21.9. The fourth-order valence-electron chi connectivity index (χ4n) is 6.83. The van der Waals surface area contributed by atoms with Crippen LogP contribution in [-0.2, 0) is 66.8 Å². The van der Waals surface area contributed by atoms with Crippen molar-refractivity contribution in [3.63, 3.8) is 0 Å². The molecule has 7 N–H and O–H groups in total. The van der Waals surface area contributed by atoms with Gasteiger partial charge in [-0.25, -0.2) is 0 Å². The fourth-order valence-corrected chi connectivity index (χ4v) is 6.83. The number of esters is 2. The molecule has 0 aromatic carbocycles. The number of hydrogen-bond acceptors (Lipinski definition) is 16. The zero-order valence-electron chi connectivity index (χ0n) is 36.4. The van der Waals surface area contributed by atoms with Gasteiger partial charge in [0.2, 0.25) is 46.7 Å². The first-order valence-corrected chi connectivity index (χ1v) is 20.5. The largest absolute Gasteiger partial charge is 0.489 e. The molecule has 344 valence electrons. The average Bonchev–Trinajstić information content (AvgIpc) is 3.21. The second-order valence-corrected chi connectivity index (χ2v) is 15.3. The summed E-state index contributed by atoms with van der Waals surface area (Å²) in [5.41, 5.74) is 6.20. The lowest BCUT2D eigenvalue weighted by molar-refractivity contribution is -0.267. The Morgan fingerprint density at radius 2 is 1.39 bits per heavy atom. The lowest BCUT2D eigenvalue weighted by Gasteiger charge is -2.43. The number of methoxy groups -OCH3 is 3. The monoisotopic (exact) mass is 868 g/mol. The van der Waals surface area contributed by atoms with Gasteiger partial charge in [0.15, 0.2) is 6.29 Å². The van der Waals surface area contributed by atoms with Gasteiger partial charge in [0, 0.05) is 30.9 Å². The number of unbranched alkanes of at least 4 members (excludes halogenated alkanes) is 6. The van der Waals surface area contributed by atoms with Crippen molar-refractivity contribution in [2.45, 2.75) is 154 Å². The molecule has 1 aliphatic carbocycles. The summed E-state index contributed by atoms with van der Waals surface area (Å²) in [6.07, 6.45) is -1.86. The number of ether oxygens (including phenoxy) is 6. The standard InChI is InChI=1S/C41H64N4O16/c1-21(2)30(40(54)44-26(38(42)52)18-19-28(47)56-6)45-39(53)23(4)60-35-31(43-24(5)46)41(55)61-27(34(35)51)20-59-29(48)17-15-13-11-9-10-12-14-16-25-22(3)32(49)36(57-7)37(58-8)33(25)50/h21,23,26-27,30-31,34-35,41,51,55H,9-20H2,1-8H3,(H2,42,52)(H,43,46)(H,44,54)(H,45,53)/t23-,26+,27-,30+,31-,34-,35-,41-/m1/s1. The molecule has 2 aliphatic rings. The lowest BCUT2D eigenvalue weighted by Crippen LogP contribution is -2.66. The smallest absolute Gasteiger partial charge is 0.305 e. The number of carbonyl (C=O) groups excluding carboxylic acids is 8. The summed E-state index contributed by atoms with van der Waals surface area (Å²) >= 11 is 0. The minimum Gasteiger partial charge on any atom is -0.489 e. The first-order valence-electron chi connectivity index (χ1n) is 20.5. The number of aliphatic hydroxyl groups is 2. The van der Waals surface area contributed by atoms with E-state index >= 15 is 0 Å². The molecule has 1 heterocycles. The Bertz CT molecular complexity index is 1640. The van der Waals surface area contributed by atoms with Crippen LogP contribution in [0.3, 0.4) is 0 Å². The van der Waals surface area contributed by atoms with Gasteiger partial charge in [0.05, 0.1) is 21.3 Å². The number of nitrogens with one attached hydrogen (secondary N) is 3. The zero-order valence-corrected chi connectivity index (χ0v) is 36.4. The van der Waals surface area contributed by atoms with Crippen molar-refractivity contribution < 1.29 is 77.0 Å². The molecule has 0 unspecified atom stereocenters. The van der Waals surface area contributed by atoms with Gasteiger partial charge >= 0.3 is 11.9 Å². The summed E-state index contributed by atoms with van der Waals surface area (Å²) < 4.78 is 31.5. The second kappa shape index (κ2) is 25.8. The molecule has 0 bridgehead atoms. The van der Waals surface area contributed by atoms with Crippen molar-refractivity contribution in [3.8, 4) is 0 Å². The van der Waals surface area contributed by atoms with Crippen LogP contribution in [-0.4, -0.2) is 134 Å². The number of rotatable bonds is 26. The van der Waals surface area contributed by atoms with Gasteiger partial charge in [-0.1, -0.05) is 46.0 Å². The molecule has 1 aliphatic heterocycles. The second-order valence-electron chi connectivity index (χ2n) is 15.3. The molecule has 1 fully saturated rings. The lowest BCUT2D eigenvalue weighted by atomic mass is 9.89. The molecule has 0 saturated carbocycles. The number of amides is 4. The predicted molar refractivity (Wildman–Crippen MR) is 214 cm³/mol. The van der Waals surface area contributed by atoms with Crippen LogP contribution >= 0.6 is 0 Å². The molecule has 0 radical (unpaired) electrons. The zero-order chi connectivity index (χ0) is 46.0. The van der Waals surface area contributed by atoms with Crippen LogP contribution in [0.1, 0.15) is 105 Å². The van der Waals surface area contributed by atoms with Gasteiger partial charge in [0.1, 0.15) is 49.1 Å². The number of aliphatic hydroxyl groups excluding tert-OH is 2. The van der Waals surface area contributed by atoms with E-state index in [0.717, 1.165) is 39.0 Å². The Hall–Kier alpha value is -4.92. The van der Waals surface area contributed by atoms with Crippen LogP contribution in [0, 0.1) is 5.92 Å². The minimum atomic E-state index is -1.74. The Morgan fingerprint density at radius 3 is 1.95 bits per heavy atom. The van der Waals surface area contributed by atoms with Gasteiger partial charge < -0.3 is 60.3 Å². The number of primary amides is 1. The highest BCUT2D eigenvalue weighted by Gasteiger charge is 2.48. The topological polar surface area (TPSA) is 295 Å². The highest BCUT2D eigenvalue weighted by atomic mass is 16.6. The van der Waals surface area contributed by atoms with Gasteiger partial charge in [0.25, 0.3) is 0 Å². The number of ketones is 2. The van der Waals surface area contributed by atoms with Crippen molar-refractivity contribution in [2.24, 2.45) is 11.7 Å². The third-order valence-corrected chi connectivity index (χ3v) is 10.4. The van der Waals surface area contributed by atoms with Crippen LogP contribution in [0.5, 0.6) is 0 Å². The quantitative estimate of drug-likeness (QED) is 0.0390. The van der Waals surface area contributed by atoms with E-state index < -0.39 is 96.9 Å². The molecular formula is C41H64N4O16. The number of Topliss-reactive ketones (excluding diaryl/α,β-unsaturated/α-hetero) is 2. The van der Waals surface area contributed by atoms with E-state index in [1.165, 1.54) is 28.3 Å². The van der Waals surface area contributed by atoms with Crippen LogP contribution in [0.25, 0.3) is 0 Å². The van der Waals surface area contributed by atoms with Crippen molar-refractivity contribution in [1.29, 1.82) is 0 Å². The van der Waals surface area contributed by atoms with Crippen LogP contribution < -0.4 is 21.7 Å². The fraction of sp³-hybridized carbons (Fsp3) is 0.707. The number of nitrogens with two attached hydrogens (primary N) is 1. The summed E-state index contributed by atoms with van der Waals surface area (Å²) in [5.74, 6) is -5.64. The van der Waals surface area contributed by atoms with Gasteiger partial charge in [-0.3, -0.25) is 38.4 Å². The number of carbonyl (C=O) groups is 8. The minimum absolute atomic E-state index is 0.0788. The molecule has 20 nitrogen and oxygen atoms in total. The van der Waals surface area contributed by atoms with E-state index in [9.17, 15) is 48.6 Å². The van der Waals surface area contributed by atoms with Crippen molar-refractivity contribution in [1.82, 2.24) is 16.0 Å². The molecule has 0 spiro atoms. The summed E-state index contributed by atoms with van der Waals surface area (Å²) in [6.45, 7) is 6.88. The van der Waals surface area contributed by atoms with Crippen LogP contribution in [0.4, 0.5) is 0 Å². The van der Waals surface area contributed by atoms with E-state index in [-0.39, 0.29) is 42.3 Å². The predicted octanol–water partition coefficient (Wildman–Crippen LogP) is 0.434. The Morgan fingerprint density at radius 1 is 0.803 bits per heavy atom. The Labute approximate surface area is 355 Å². The van der Waals surface area contributed by atoms with E-state index in [2.05, 4.69) is 20.7 Å². The van der Waals surface area contributed by atoms with E-state index in [0.29, 0.717) is 30.4 Å². The van der Waals surface area contributed by atoms with E-state index in [4.69, 9.17) is 29.4 Å².